The molecule has 0 saturated heterocycles. The van der Waals surface area contributed by atoms with Gasteiger partial charge < -0.3 is 5.11 Å². The van der Waals surface area contributed by atoms with Crippen molar-refractivity contribution >= 4 is 34.2 Å². The van der Waals surface area contributed by atoms with Crippen molar-refractivity contribution in [2.45, 2.75) is 0 Å². The van der Waals surface area contributed by atoms with Crippen molar-refractivity contribution < 1.29 is 14.7 Å². The van der Waals surface area contributed by atoms with Gasteiger partial charge in [0, 0.05) is 0 Å². The molecule has 0 unspecified atom stereocenters. The van der Waals surface area contributed by atoms with Gasteiger partial charge in [-0.25, -0.2) is 9.78 Å². The molecule has 0 aromatic carbocycles. The summed E-state index contributed by atoms with van der Waals surface area (Å²) in [7, 11) is 0. The predicted molar refractivity (Wildman–Crippen MR) is 46.9 cm³/mol. The van der Waals surface area contributed by atoms with E-state index in [-0.39, 0.29) is 15.7 Å². The van der Waals surface area contributed by atoms with Crippen LogP contribution >= 0.6 is 23.1 Å². The van der Waals surface area contributed by atoms with Gasteiger partial charge in [0.25, 0.3) is 0 Å². The summed E-state index contributed by atoms with van der Waals surface area (Å²) in [4.78, 5) is 25.2. The van der Waals surface area contributed by atoms with Crippen LogP contribution in [0.4, 0.5) is 0 Å². The molecule has 0 bridgehead atoms. The molecule has 0 amide bonds. The summed E-state index contributed by atoms with van der Waals surface area (Å²) in [6.07, 6.45) is 1.59. The lowest BCUT2D eigenvalue weighted by Gasteiger charge is -1.92. The van der Waals surface area contributed by atoms with Gasteiger partial charge in [0.05, 0.1) is 5.51 Å². The van der Waals surface area contributed by atoms with E-state index in [1.165, 1.54) is 5.51 Å². The van der Waals surface area contributed by atoms with Gasteiger partial charge in [-0.3, -0.25) is 4.79 Å². The number of carboxylic acids is 1. The number of thiazole rings is 1. The van der Waals surface area contributed by atoms with Crippen LogP contribution in [0.15, 0.2) is 5.51 Å². The molecule has 0 aliphatic carbocycles. The van der Waals surface area contributed by atoms with E-state index in [0.717, 1.165) is 23.1 Å². The molecule has 0 fully saturated rings. The molecule has 0 spiro atoms. The van der Waals surface area contributed by atoms with E-state index in [4.69, 9.17) is 5.11 Å². The average molecular weight is 203 g/mol. The van der Waals surface area contributed by atoms with E-state index in [2.05, 4.69) is 4.98 Å². The van der Waals surface area contributed by atoms with E-state index < -0.39 is 5.97 Å². The molecule has 0 radical (unpaired) electrons. The van der Waals surface area contributed by atoms with Crippen molar-refractivity contribution in [3.8, 4) is 0 Å². The fourth-order valence-corrected chi connectivity index (χ4v) is 1.67. The van der Waals surface area contributed by atoms with Crippen molar-refractivity contribution in [1.29, 1.82) is 0 Å². The number of hydrogen-bond acceptors (Lipinski definition) is 5. The molecule has 1 N–H and O–H groups in total. The summed E-state index contributed by atoms with van der Waals surface area (Å²) >= 11 is 1.91. The first kappa shape index (κ1) is 9.21. The normalized spacial score (nSPS) is 9.75. The van der Waals surface area contributed by atoms with Crippen LogP contribution in [0, 0.1) is 0 Å². The zero-order chi connectivity index (χ0) is 9.14. The SMILES string of the molecule is CSC(=O)c1ncsc1C(=O)O. The Morgan fingerprint density at radius 3 is 2.83 bits per heavy atom. The van der Waals surface area contributed by atoms with Gasteiger partial charge in [0.1, 0.15) is 10.6 Å². The Morgan fingerprint density at radius 1 is 1.67 bits per heavy atom. The molecule has 12 heavy (non-hydrogen) atoms. The predicted octanol–water partition coefficient (Wildman–Crippen LogP) is 1.34. The zero-order valence-corrected chi connectivity index (χ0v) is 7.74. The maximum Gasteiger partial charge on any atom is 0.348 e. The second-order valence-electron chi connectivity index (χ2n) is 1.83. The average Bonchev–Trinajstić information content (AvgIpc) is 2.50. The molecule has 0 atom stereocenters. The number of carbonyl (C=O) groups is 2. The van der Waals surface area contributed by atoms with Crippen LogP contribution in [0.5, 0.6) is 0 Å². The van der Waals surface area contributed by atoms with Crippen molar-refractivity contribution in [2.75, 3.05) is 6.26 Å². The number of hydrogen-bond donors (Lipinski definition) is 1. The quantitative estimate of drug-likeness (QED) is 0.785. The van der Waals surface area contributed by atoms with Crippen molar-refractivity contribution in [3.63, 3.8) is 0 Å². The molecule has 0 saturated carbocycles. The number of thioether (sulfide) groups is 1. The van der Waals surface area contributed by atoms with Crippen LogP contribution in [0.25, 0.3) is 0 Å². The highest BCUT2D eigenvalue weighted by atomic mass is 32.2. The van der Waals surface area contributed by atoms with E-state index in [1.807, 2.05) is 0 Å². The highest BCUT2D eigenvalue weighted by molar-refractivity contribution is 8.13. The molecule has 64 valence electrons. The first-order chi connectivity index (χ1) is 5.66. The Morgan fingerprint density at radius 2 is 2.33 bits per heavy atom. The second-order valence-corrected chi connectivity index (χ2v) is 3.46. The maximum atomic E-state index is 11.0. The minimum absolute atomic E-state index is 0.00866. The lowest BCUT2D eigenvalue weighted by molar-refractivity contribution is 0.0698. The molecule has 1 aromatic rings. The van der Waals surface area contributed by atoms with Crippen LogP contribution in [0.1, 0.15) is 20.2 Å². The largest absolute Gasteiger partial charge is 0.477 e. The minimum atomic E-state index is -1.10. The highest BCUT2D eigenvalue weighted by Crippen LogP contribution is 2.17. The molecule has 1 aromatic heterocycles. The summed E-state index contributed by atoms with van der Waals surface area (Å²) in [6.45, 7) is 0. The third-order valence-corrected chi connectivity index (χ3v) is 2.52. The first-order valence-corrected chi connectivity index (χ1v) is 5.02. The van der Waals surface area contributed by atoms with Crippen molar-refractivity contribution in [3.05, 3.63) is 16.1 Å². The van der Waals surface area contributed by atoms with Gasteiger partial charge >= 0.3 is 5.97 Å². The van der Waals surface area contributed by atoms with Gasteiger partial charge in [-0.15, -0.1) is 11.3 Å². The molecule has 0 aliphatic heterocycles. The van der Waals surface area contributed by atoms with E-state index in [0.29, 0.717) is 0 Å². The topological polar surface area (TPSA) is 67.3 Å². The van der Waals surface area contributed by atoms with Gasteiger partial charge in [-0.1, -0.05) is 11.8 Å². The number of carbonyl (C=O) groups excluding carboxylic acids is 1. The number of aromatic nitrogens is 1. The summed E-state index contributed by atoms with van der Waals surface area (Å²) in [5.74, 6) is -1.10. The van der Waals surface area contributed by atoms with Crippen LogP contribution in [0.2, 0.25) is 0 Å². The summed E-state index contributed by atoms with van der Waals surface area (Å²) in [5.41, 5.74) is 1.40. The zero-order valence-electron chi connectivity index (χ0n) is 6.10. The molecule has 0 aliphatic rings. The molecular weight excluding hydrogens is 198 g/mol. The van der Waals surface area contributed by atoms with Gasteiger partial charge in [-0.2, -0.15) is 0 Å². The fraction of sp³-hybridized carbons (Fsp3) is 0.167. The monoisotopic (exact) mass is 203 g/mol. The standard InChI is InChI=1S/C6H5NO3S2/c1-11-6(10)3-4(5(8)9)12-2-7-3/h2H,1H3,(H,8,9). The Kier molecular flexibility index (Phi) is 2.83. The first-order valence-electron chi connectivity index (χ1n) is 2.92. The maximum absolute atomic E-state index is 11.0. The second kappa shape index (κ2) is 3.68. The Bertz CT molecular complexity index is 320. The third kappa shape index (κ3) is 1.64. The van der Waals surface area contributed by atoms with Crippen LogP contribution in [0.3, 0.4) is 0 Å². The van der Waals surface area contributed by atoms with Gasteiger partial charge in [-0.05, 0) is 6.26 Å². The smallest absolute Gasteiger partial charge is 0.348 e. The Hall–Kier alpha value is -0.880. The van der Waals surface area contributed by atoms with Crippen molar-refractivity contribution in [2.24, 2.45) is 0 Å². The summed E-state index contributed by atoms with van der Waals surface area (Å²) < 4.78 is 0. The molecular formula is C6H5NO3S2. The lowest BCUT2D eigenvalue weighted by Crippen LogP contribution is -2.02. The Labute approximate surface area is 76.6 Å². The fourth-order valence-electron chi connectivity index (χ4n) is 0.640. The number of carboxylic acid groups (broad SMARTS) is 1. The van der Waals surface area contributed by atoms with Crippen molar-refractivity contribution in [1.82, 2.24) is 4.98 Å². The van der Waals surface area contributed by atoms with Gasteiger partial charge in [0.2, 0.25) is 5.12 Å². The molecule has 1 rings (SSSR count). The highest BCUT2D eigenvalue weighted by Gasteiger charge is 2.18. The number of aromatic carboxylic acids is 1. The molecule has 1 heterocycles. The van der Waals surface area contributed by atoms with Crippen LogP contribution < -0.4 is 0 Å². The minimum Gasteiger partial charge on any atom is -0.477 e. The number of nitrogens with zero attached hydrogens (tertiary/aromatic N) is 1. The third-order valence-electron chi connectivity index (χ3n) is 1.14. The van der Waals surface area contributed by atoms with E-state index >= 15 is 0 Å². The number of rotatable bonds is 2. The lowest BCUT2D eigenvalue weighted by atomic mass is 10.4. The summed E-state index contributed by atoms with van der Waals surface area (Å²) in [5, 5.41) is 8.30. The van der Waals surface area contributed by atoms with Crippen LogP contribution in [-0.4, -0.2) is 27.4 Å². The van der Waals surface area contributed by atoms with E-state index in [1.54, 1.807) is 6.26 Å². The Balaban J connectivity index is 3.07. The van der Waals surface area contributed by atoms with Crippen LogP contribution in [-0.2, 0) is 0 Å². The summed E-state index contributed by atoms with van der Waals surface area (Å²) in [6, 6.07) is 0. The van der Waals surface area contributed by atoms with Gasteiger partial charge in [0.15, 0.2) is 0 Å². The molecule has 6 heteroatoms. The molecule has 4 nitrogen and oxygen atoms in total. The van der Waals surface area contributed by atoms with E-state index in [9.17, 15) is 9.59 Å².